The van der Waals surface area contributed by atoms with Crippen LogP contribution in [0.4, 0.5) is 5.69 Å². The van der Waals surface area contributed by atoms with Crippen LogP contribution in [0.25, 0.3) is 4.85 Å². The second-order valence-electron chi connectivity index (χ2n) is 5.34. The summed E-state index contributed by atoms with van der Waals surface area (Å²) in [5, 5.41) is 0. The van der Waals surface area contributed by atoms with E-state index in [1.54, 1.807) is 48.5 Å². The van der Waals surface area contributed by atoms with Crippen LogP contribution in [-0.2, 0) is 16.0 Å². The average Bonchev–Trinajstić information content (AvgIpc) is 2.70. The molecule has 0 saturated heterocycles. The molecule has 7 heteroatoms. The number of carbonyl (C=O) groups excluding carboxylic acids is 1. The molecule has 0 N–H and O–H groups in total. The van der Waals surface area contributed by atoms with E-state index in [0.29, 0.717) is 22.7 Å². The molecule has 0 aliphatic rings. The highest BCUT2D eigenvalue weighted by atomic mass is 16.5. The van der Waals surface area contributed by atoms with Gasteiger partial charge in [-0.05, 0) is 12.1 Å². The highest BCUT2D eigenvalue weighted by molar-refractivity contribution is 5.73. The zero-order chi connectivity index (χ0) is 19.1. The smallest absolute Gasteiger partial charge is 0.310 e. The number of nitrogens with zero attached hydrogens (tertiary/aromatic N) is 3. The van der Waals surface area contributed by atoms with Crippen LogP contribution in [0.15, 0.2) is 60.9 Å². The molecular formula is C20H15N3O4. The maximum absolute atomic E-state index is 11.6. The minimum Gasteiger partial charge on any atom is -0.469 e. The Hall–Kier alpha value is -3.92. The van der Waals surface area contributed by atoms with Crippen LogP contribution < -0.4 is 9.47 Å². The van der Waals surface area contributed by atoms with Crippen LogP contribution in [0.1, 0.15) is 5.56 Å². The Balaban J connectivity index is 1.81. The number of benzene rings is 2. The number of hydrogen-bond acceptors (Lipinski definition) is 6. The Kier molecular flexibility index (Phi) is 5.60. The standard InChI is InChI=1S/C20H15N3O4/c1-21-15-8-4-6-10-17(15)27-19-12-18(22-13-23-19)26-16-9-5-3-7-14(16)11-20(24)25-2/h3-10,12-13H,11H2,2H3. The summed E-state index contributed by atoms with van der Waals surface area (Å²) in [6.45, 7) is 7.19. The zero-order valence-corrected chi connectivity index (χ0v) is 14.5. The van der Waals surface area contributed by atoms with Crippen LogP contribution in [0, 0.1) is 6.57 Å². The van der Waals surface area contributed by atoms with Crippen molar-refractivity contribution in [3.8, 4) is 23.3 Å². The Bertz CT molecular complexity index is 998. The van der Waals surface area contributed by atoms with Crippen molar-refractivity contribution in [2.75, 3.05) is 7.11 Å². The fourth-order valence-corrected chi connectivity index (χ4v) is 2.27. The molecule has 0 aliphatic carbocycles. The largest absolute Gasteiger partial charge is 0.469 e. The summed E-state index contributed by atoms with van der Waals surface area (Å²) in [7, 11) is 1.33. The number of methoxy groups -OCH3 is 1. The van der Waals surface area contributed by atoms with Crippen molar-refractivity contribution in [3.63, 3.8) is 0 Å². The molecule has 0 aliphatic heterocycles. The molecule has 0 fully saturated rings. The van der Waals surface area contributed by atoms with Gasteiger partial charge in [-0.3, -0.25) is 4.79 Å². The average molecular weight is 361 g/mol. The van der Waals surface area contributed by atoms with Crippen LogP contribution >= 0.6 is 0 Å². The third-order valence-electron chi connectivity index (χ3n) is 3.57. The number of ether oxygens (including phenoxy) is 3. The Labute approximate surface area is 156 Å². The van der Waals surface area contributed by atoms with E-state index in [-0.39, 0.29) is 24.2 Å². The molecule has 1 aromatic heterocycles. The zero-order valence-electron chi connectivity index (χ0n) is 14.5. The number of hydrogen-bond donors (Lipinski definition) is 0. The quantitative estimate of drug-likeness (QED) is 0.481. The molecule has 0 spiro atoms. The lowest BCUT2D eigenvalue weighted by Gasteiger charge is -2.11. The third kappa shape index (κ3) is 4.58. The summed E-state index contributed by atoms with van der Waals surface area (Å²) >= 11 is 0. The number of para-hydroxylation sites is 3. The van der Waals surface area contributed by atoms with Crippen molar-refractivity contribution in [3.05, 3.63) is 77.9 Å². The van der Waals surface area contributed by atoms with Gasteiger partial charge in [-0.1, -0.05) is 36.4 Å². The molecule has 0 radical (unpaired) electrons. The van der Waals surface area contributed by atoms with E-state index < -0.39 is 0 Å². The molecule has 0 saturated carbocycles. The van der Waals surface area contributed by atoms with Gasteiger partial charge < -0.3 is 14.2 Å². The van der Waals surface area contributed by atoms with E-state index in [2.05, 4.69) is 14.8 Å². The van der Waals surface area contributed by atoms with Crippen molar-refractivity contribution in [1.29, 1.82) is 0 Å². The first kappa shape index (κ1) is 17.9. The predicted molar refractivity (Wildman–Crippen MR) is 97.0 cm³/mol. The molecule has 2 aromatic carbocycles. The SMILES string of the molecule is [C-]#[N+]c1ccccc1Oc1cc(Oc2ccccc2CC(=O)OC)ncn1. The minimum atomic E-state index is -0.367. The van der Waals surface area contributed by atoms with E-state index in [4.69, 9.17) is 20.8 Å². The Morgan fingerprint density at radius 3 is 2.33 bits per heavy atom. The third-order valence-corrected chi connectivity index (χ3v) is 3.57. The van der Waals surface area contributed by atoms with Gasteiger partial charge in [0.05, 0.1) is 26.2 Å². The fourth-order valence-electron chi connectivity index (χ4n) is 2.27. The number of rotatable bonds is 6. The van der Waals surface area contributed by atoms with Crippen LogP contribution in [0.2, 0.25) is 0 Å². The van der Waals surface area contributed by atoms with Gasteiger partial charge in [-0.25, -0.2) is 14.8 Å². The van der Waals surface area contributed by atoms with Gasteiger partial charge in [0.25, 0.3) is 0 Å². The van der Waals surface area contributed by atoms with Gasteiger partial charge in [0.15, 0.2) is 0 Å². The van der Waals surface area contributed by atoms with Gasteiger partial charge in [0.1, 0.15) is 17.8 Å². The molecule has 3 aromatic rings. The first-order valence-corrected chi connectivity index (χ1v) is 7.98. The summed E-state index contributed by atoms with van der Waals surface area (Å²) in [5.74, 6) is 0.991. The molecule has 1 heterocycles. The van der Waals surface area contributed by atoms with E-state index >= 15 is 0 Å². The van der Waals surface area contributed by atoms with Gasteiger partial charge in [0.2, 0.25) is 17.4 Å². The monoisotopic (exact) mass is 361 g/mol. The highest BCUT2D eigenvalue weighted by Gasteiger charge is 2.12. The topological polar surface area (TPSA) is 74.9 Å². The van der Waals surface area contributed by atoms with Crippen LogP contribution in [0.3, 0.4) is 0 Å². The first-order valence-electron chi connectivity index (χ1n) is 7.98. The van der Waals surface area contributed by atoms with Gasteiger partial charge >= 0.3 is 5.97 Å². The molecule has 134 valence electrons. The lowest BCUT2D eigenvalue weighted by Crippen LogP contribution is -2.05. The molecule has 0 bridgehead atoms. The Morgan fingerprint density at radius 2 is 1.63 bits per heavy atom. The predicted octanol–water partition coefficient (Wildman–Crippen LogP) is 4.33. The molecule has 3 rings (SSSR count). The van der Waals surface area contributed by atoms with E-state index in [1.165, 1.54) is 19.5 Å². The van der Waals surface area contributed by atoms with Gasteiger partial charge in [0, 0.05) is 5.56 Å². The minimum absolute atomic E-state index is 0.0828. The summed E-state index contributed by atoms with van der Waals surface area (Å²) in [4.78, 5) is 23.1. The fraction of sp³-hybridized carbons (Fsp3) is 0.100. The summed E-state index contributed by atoms with van der Waals surface area (Å²) in [6, 6.07) is 15.5. The van der Waals surface area contributed by atoms with Gasteiger partial charge in [-0.2, -0.15) is 0 Å². The van der Waals surface area contributed by atoms with Crippen molar-refractivity contribution in [2.45, 2.75) is 6.42 Å². The van der Waals surface area contributed by atoms with Crippen molar-refractivity contribution >= 4 is 11.7 Å². The molecule has 0 unspecified atom stereocenters. The van der Waals surface area contributed by atoms with Crippen LogP contribution in [0.5, 0.6) is 23.3 Å². The number of esters is 1. The molecular weight excluding hydrogens is 346 g/mol. The van der Waals surface area contributed by atoms with E-state index in [9.17, 15) is 4.79 Å². The van der Waals surface area contributed by atoms with Gasteiger partial charge in [-0.15, -0.1) is 0 Å². The second-order valence-corrected chi connectivity index (χ2v) is 5.34. The maximum Gasteiger partial charge on any atom is 0.310 e. The second kappa shape index (κ2) is 8.45. The lowest BCUT2D eigenvalue weighted by molar-refractivity contribution is -0.139. The molecule has 0 atom stereocenters. The highest BCUT2D eigenvalue weighted by Crippen LogP contribution is 2.32. The Morgan fingerprint density at radius 1 is 1.00 bits per heavy atom. The summed E-state index contributed by atoms with van der Waals surface area (Å²) in [5.41, 5.74) is 1.05. The molecule has 0 amide bonds. The van der Waals surface area contributed by atoms with Crippen molar-refractivity contribution < 1.29 is 19.0 Å². The normalized spacial score (nSPS) is 9.93. The van der Waals surface area contributed by atoms with E-state index in [0.717, 1.165) is 0 Å². The first-order chi connectivity index (χ1) is 13.2. The van der Waals surface area contributed by atoms with Crippen molar-refractivity contribution in [1.82, 2.24) is 9.97 Å². The summed E-state index contributed by atoms with van der Waals surface area (Å²) < 4.78 is 16.2. The summed E-state index contributed by atoms with van der Waals surface area (Å²) in [6.07, 6.45) is 1.38. The lowest BCUT2D eigenvalue weighted by atomic mass is 10.1. The van der Waals surface area contributed by atoms with Crippen molar-refractivity contribution in [2.24, 2.45) is 0 Å². The molecule has 7 nitrogen and oxygen atoms in total. The number of aromatic nitrogens is 2. The van der Waals surface area contributed by atoms with Crippen LogP contribution in [-0.4, -0.2) is 23.0 Å². The molecule has 27 heavy (non-hydrogen) atoms. The maximum atomic E-state index is 11.6. The van der Waals surface area contributed by atoms with E-state index in [1.807, 2.05) is 0 Å². The number of carbonyl (C=O) groups is 1.